The Balaban J connectivity index is 1.99. The van der Waals surface area contributed by atoms with Gasteiger partial charge in [-0.05, 0) is 61.7 Å². The van der Waals surface area contributed by atoms with Crippen molar-refractivity contribution in [2.24, 2.45) is 0 Å². The molecule has 0 saturated heterocycles. The Kier molecular flexibility index (Phi) is 5.05. The average molecular weight is 370 g/mol. The van der Waals surface area contributed by atoms with Crippen molar-refractivity contribution in [3.8, 4) is 0 Å². The zero-order valence-electron chi connectivity index (χ0n) is 12.9. The number of carbonyl (C=O) groups excluding carboxylic acids is 2. The van der Waals surface area contributed by atoms with Crippen molar-refractivity contribution in [2.45, 2.75) is 45.3 Å². The molecule has 0 aromatic carbocycles. The molecule has 0 radical (unpaired) electrons. The highest BCUT2D eigenvalue weighted by Gasteiger charge is 2.34. The maximum atomic E-state index is 12.2. The SMILES string of the molecule is CC(C)(C)N(CC(=O)Nc1cccc(Br)n1)C(=O)OC1CC1. The van der Waals surface area contributed by atoms with Gasteiger partial charge in [0, 0.05) is 5.54 Å². The van der Waals surface area contributed by atoms with Crippen LogP contribution in [-0.2, 0) is 9.53 Å². The lowest BCUT2D eigenvalue weighted by Crippen LogP contribution is -2.49. The summed E-state index contributed by atoms with van der Waals surface area (Å²) in [7, 11) is 0. The van der Waals surface area contributed by atoms with Crippen LogP contribution in [0.2, 0.25) is 0 Å². The highest BCUT2D eigenvalue weighted by atomic mass is 79.9. The van der Waals surface area contributed by atoms with E-state index in [2.05, 4.69) is 26.2 Å². The van der Waals surface area contributed by atoms with E-state index in [0.717, 1.165) is 12.8 Å². The summed E-state index contributed by atoms with van der Waals surface area (Å²) in [6.07, 6.45) is 1.36. The zero-order valence-corrected chi connectivity index (χ0v) is 14.5. The van der Waals surface area contributed by atoms with Crippen molar-refractivity contribution in [3.63, 3.8) is 0 Å². The highest BCUT2D eigenvalue weighted by Crippen LogP contribution is 2.26. The van der Waals surface area contributed by atoms with E-state index in [4.69, 9.17) is 4.74 Å². The first-order valence-electron chi connectivity index (χ1n) is 7.16. The van der Waals surface area contributed by atoms with Crippen LogP contribution in [0.4, 0.5) is 10.6 Å². The number of nitrogens with one attached hydrogen (secondary N) is 1. The van der Waals surface area contributed by atoms with Crippen molar-refractivity contribution in [1.29, 1.82) is 0 Å². The zero-order chi connectivity index (χ0) is 16.3. The Hall–Kier alpha value is -1.63. The highest BCUT2D eigenvalue weighted by molar-refractivity contribution is 9.10. The summed E-state index contributed by atoms with van der Waals surface area (Å²) < 4.78 is 5.93. The van der Waals surface area contributed by atoms with Crippen LogP contribution in [-0.4, -0.2) is 40.1 Å². The fraction of sp³-hybridized carbons (Fsp3) is 0.533. The topological polar surface area (TPSA) is 71.5 Å². The summed E-state index contributed by atoms with van der Waals surface area (Å²) in [5.41, 5.74) is -0.506. The molecule has 1 N–H and O–H groups in total. The van der Waals surface area contributed by atoms with Crippen LogP contribution < -0.4 is 5.32 Å². The molecule has 2 rings (SSSR count). The lowest BCUT2D eigenvalue weighted by atomic mass is 10.1. The Morgan fingerprint density at radius 3 is 2.64 bits per heavy atom. The van der Waals surface area contributed by atoms with Gasteiger partial charge in [0.15, 0.2) is 0 Å². The van der Waals surface area contributed by atoms with Crippen molar-refractivity contribution in [3.05, 3.63) is 22.8 Å². The van der Waals surface area contributed by atoms with E-state index in [0.29, 0.717) is 10.4 Å². The van der Waals surface area contributed by atoms with Gasteiger partial charge in [0.25, 0.3) is 0 Å². The molecule has 7 heteroatoms. The fourth-order valence-corrected chi connectivity index (χ4v) is 2.12. The number of pyridine rings is 1. The fourth-order valence-electron chi connectivity index (χ4n) is 1.77. The monoisotopic (exact) mass is 369 g/mol. The minimum atomic E-state index is -0.506. The number of rotatable bonds is 4. The van der Waals surface area contributed by atoms with E-state index >= 15 is 0 Å². The van der Waals surface area contributed by atoms with E-state index in [-0.39, 0.29) is 18.6 Å². The van der Waals surface area contributed by atoms with Gasteiger partial charge in [-0.15, -0.1) is 0 Å². The summed E-state index contributed by atoms with van der Waals surface area (Å²) >= 11 is 3.25. The molecule has 1 aliphatic carbocycles. The van der Waals surface area contributed by atoms with Gasteiger partial charge in [-0.1, -0.05) is 6.07 Å². The average Bonchev–Trinajstić information content (AvgIpc) is 3.18. The maximum Gasteiger partial charge on any atom is 0.410 e. The number of anilines is 1. The van der Waals surface area contributed by atoms with Crippen LogP contribution in [0.5, 0.6) is 0 Å². The van der Waals surface area contributed by atoms with Gasteiger partial charge >= 0.3 is 6.09 Å². The van der Waals surface area contributed by atoms with Gasteiger partial charge in [0.05, 0.1) is 0 Å². The number of hydrogen-bond donors (Lipinski definition) is 1. The molecule has 6 nitrogen and oxygen atoms in total. The number of amides is 2. The predicted molar refractivity (Wildman–Crippen MR) is 86.5 cm³/mol. The van der Waals surface area contributed by atoms with Crippen LogP contribution in [0.1, 0.15) is 33.6 Å². The molecule has 0 bridgehead atoms. The Morgan fingerprint density at radius 2 is 2.09 bits per heavy atom. The summed E-state index contributed by atoms with van der Waals surface area (Å²) in [5, 5.41) is 2.68. The number of hydrogen-bond acceptors (Lipinski definition) is 4. The Labute approximate surface area is 138 Å². The van der Waals surface area contributed by atoms with Crippen LogP contribution >= 0.6 is 15.9 Å². The second-order valence-electron chi connectivity index (χ2n) is 6.23. The first kappa shape index (κ1) is 16.7. The third-order valence-electron chi connectivity index (χ3n) is 3.11. The summed E-state index contributed by atoms with van der Waals surface area (Å²) in [5.74, 6) is 0.122. The first-order valence-corrected chi connectivity index (χ1v) is 7.95. The molecule has 1 aliphatic rings. The van der Waals surface area contributed by atoms with Gasteiger partial charge in [-0.3, -0.25) is 9.69 Å². The standard InChI is InChI=1S/C15H20BrN3O3/c1-15(2,3)19(14(21)22-10-7-8-10)9-13(20)18-12-6-4-5-11(16)17-12/h4-6,10H,7-9H2,1-3H3,(H,17,18,20). The molecule has 22 heavy (non-hydrogen) atoms. The molecule has 120 valence electrons. The molecule has 0 unspecified atom stereocenters. The van der Waals surface area contributed by atoms with Gasteiger partial charge in [-0.25, -0.2) is 9.78 Å². The van der Waals surface area contributed by atoms with E-state index in [9.17, 15) is 9.59 Å². The normalized spacial score (nSPS) is 14.4. The third-order valence-corrected chi connectivity index (χ3v) is 3.55. The molecule has 0 atom stereocenters. The lowest BCUT2D eigenvalue weighted by Gasteiger charge is -2.34. The lowest BCUT2D eigenvalue weighted by molar-refractivity contribution is -0.118. The summed E-state index contributed by atoms with van der Waals surface area (Å²) in [6, 6.07) is 5.23. The van der Waals surface area contributed by atoms with Gasteiger partial charge in [-0.2, -0.15) is 0 Å². The molecule has 1 fully saturated rings. The second kappa shape index (κ2) is 6.64. The molecule has 2 amide bonds. The quantitative estimate of drug-likeness (QED) is 0.827. The Bertz CT molecular complexity index is 567. The van der Waals surface area contributed by atoms with Crippen LogP contribution in [0.25, 0.3) is 0 Å². The summed E-state index contributed by atoms with van der Waals surface area (Å²) in [6.45, 7) is 5.52. The van der Waals surface area contributed by atoms with E-state index in [1.54, 1.807) is 18.2 Å². The molecular formula is C15H20BrN3O3. The predicted octanol–water partition coefficient (Wildman–Crippen LogP) is 3.18. The van der Waals surface area contributed by atoms with Crippen molar-refractivity contribution >= 4 is 33.7 Å². The van der Waals surface area contributed by atoms with Crippen molar-refractivity contribution < 1.29 is 14.3 Å². The smallest absolute Gasteiger partial charge is 0.410 e. The molecule has 1 saturated carbocycles. The maximum absolute atomic E-state index is 12.2. The third kappa shape index (κ3) is 4.98. The molecule has 1 aromatic heterocycles. The number of halogens is 1. The summed E-state index contributed by atoms with van der Waals surface area (Å²) in [4.78, 5) is 29.9. The molecule has 0 spiro atoms. The Morgan fingerprint density at radius 1 is 1.41 bits per heavy atom. The molecule has 1 heterocycles. The van der Waals surface area contributed by atoms with Gasteiger partial charge < -0.3 is 10.1 Å². The minimum absolute atomic E-state index is 0.00663. The molecular weight excluding hydrogens is 350 g/mol. The number of nitrogens with zero attached hydrogens (tertiary/aromatic N) is 2. The molecule has 0 aliphatic heterocycles. The van der Waals surface area contributed by atoms with Crippen molar-refractivity contribution in [2.75, 3.05) is 11.9 Å². The van der Waals surface area contributed by atoms with Crippen molar-refractivity contribution in [1.82, 2.24) is 9.88 Å². The number of aromatic nitrogens is 1. The largest absolute Gasteiger partial charge is 0.446 e. The minimum Gasteiger partial charge on any atom is -0.446 e. The first-order chi connectivity index (χ1) is 10.3. The molecule has 1 aromatic rings. The van der Waals surface area contributed by atoms with E-state index in [1.165, 1.54) is 4.90 Å². The van der Waals surface area contributed by atoms with Gasteiger partial charge in [0.2, 0.25) is 5.91 Å². The van der Waals surface area contributed by atoms with Crippen LogP contribution in [0.3, 0.4) is 0 Å². The second-order valence-corrected chi connectivity index (χ2v) is 7.05. The van der Waals surface area contributed by atoms with Crippen LogP contribution in [0.15, 0.2) is 22.8 Å². The van der Waals surface area contributed by atoms with Crippen LogP contribution in [0, 0.1) is 0 Å². The van der Waals surface area contributed by atoms with E-state index in [1.807, 2.05) is 20.8 Å². The number of ether oxygens (including phenoxy) is 1. The van der Waals surface area contributed by atoms with Gasteiger partial charge in [0.1, 0.15) is 23.1 Å². The number of carbonyl (C=O) groups is 2. The van der Waals surface area contributed by atoms with E-state index < -0.39 is 11.6 Å².